The summed E-state index contributed by atoms with van der Waals surface area (Å²) in [4.78, 5) is 14.5. The molecule has 0 atom stereocenters. The summed E-state index contributed by atoms with van der Waals surface area (Å²) >= 11 is 17.0. The number of anilines is 1. The molecule has 1 heterocycles. The van der Waals surface area contributed by atoms with Crippen LogP contribution in [0.4, 0.5) is 10.1 Å². The lowest BCUT2D eigenvalue weighted by molar-refractivity contribution is -0.114. The largest absolute Gasteiger partial charge is 0.334 e. The van der Waals surface area contributed by atoms with Gasteiger partial charge in [0.15, 0.2) is 4.84 Å². The van der Waals surface area contributed by atoms with Crippen LogP contribution in [0.1, 0.15) is 5.56 Å². The van der Waals surface area contributed by atoms with Crippen LogP contribution < -0.4 is 5.32 Å². The Labute approximate surface area is 163 Å². The highest BCUT2D eigenvalue weighted by Crippen LogP contribution is 2.32. The first-order chi connectivity index (χ1) is 12.4. The van der Waals surface area contributed by atoms with Gasteiger partial charge in [-0.25, -0.2) is 4.39 Å². The maximum absolute atomic E-state index is 14.3. The van der Waals surface area contributed by atoms with Crippen LogP contribution in [0.2, 0.25) is 5.02 Å². The van der Waals surface area contributed by atoms with E-state index in [0.717, 1.165) is 0 Å². The SMILES string of the molecule is Cc1ccc(Cl)c(-c2noc(-c3ccc(NC(=O)C(Cl)Cl)cc3)n2)c1F. The first-order valence-electron chi connectivity index (χ1n) is 7.35. The van der Waals surface area contributed by atoms with Gasteiger partial charge in [0.1, 0.15) is 5.82 Å². The van der Waals surface area contributed by atoms with Crippen LogP contribution in [0.5, 0.6) is 0 Å². The summed E-state index contributed by atoms with van der Waals surface area (Å²) in [5.74, 6) is -0.802. The average Bonchev–Trinajstić information content (AvgIpc) is 3.09. The Kier molecular flexibility index (Phi) is 5.46. The maximum Gasteiger partial charge on any atom is 0.258 e. The van der Waals surface area contributed by atoms with Crippen molar-refractivity contribution in [2.45, 2.75) is 11.8 Å². The van der Waals surface area contributed by atoms with Crippen molar-refractivity contribution in [2.24, 2.45) is 0 Å². The summed E-state index contributed by atoms with van der Waals surface area (Å²) in [6, 6.07) is 9.68. The Bertz CT molecular complexity index is 958. The number of carbonyl (C=O) groups excluding carboxylic acids is 1. The van der Waals surface area contributed by atoms with Gasteiger partial charge < -0.3 is 9.84 Å². The number of nitrogens with zero attached hydrogens (tertiary/aromatic N) is 2. The molecule has 9 heteroatoms. The van der Waals surface area contributed by atoms with Gasteiger partial charge in [-0.05, 0) is 42.8 Å². The molecule has 26 heavy (non-hydrogen) atoms. The second-order valence-electron chi connectivity index (χ2n) is 5.34. The lowest BCUT2D eigenvalue weighted by Crippen LogP contribution is -2.18. The number of amides is 1. The van der Waals surface area contributed by atoms with Gasteiger partial charge in [-0.2, -0.15) is 4.98 Å². The normalized spacial score (nSPS) is 11.0. The Balaban J connectivity index is 1.87. The van der Waals surface area contributed by atoms with Crippen molar-refractivity contribution in [2.75, 3.05) is 5.32 Å². The topological polar surface area (TPSA) is 68.0 Å². The molecule has 0 bridgehead atoms. The van der Waals surface area contributed by atoms with Crippen molar-refractivity contribution in [1.82, 2.24) is 10.1 Å². The second kappa shape index (κ2) is 7.61. The lowest BCUT2D eigenvalue weighted by Gasteiger charge is -2.05. The molecule has 0 fully saturated rings. The van der Waals surface area contributed by atoms with Gasteiger partial charge in [0.05, 0.1) is 10.6 Å². The maximum atomic E-state index is 14.3. The van der Waals surface area contributed by atoms with Gasteiger partial charge in [0, 0.05) is 11.3 Å². The molecule has 134 valence electrons. The van der Waals surface area contributed by atoms with Gasteiger partial charge >= 0.3 is 0 Å². The van der Waals surface area contributed by atoms with Crippen LogP contribution >= 0.6 is 34.8 Å². The van der Waals surface area contributed by atoms with E-state index in [-0.39, 0.29) is 22.3 Å². The predicted octanol–water partition coefficient (Wildman–Crippen LogP) is 5.25. The second-order valence-corrected chi connectivity index (χ2v) is 6.85. The standard InChI is InChI=1S/C17H11Cl3FN3O2/c1-8-2-7-11(18)12(13(8)21)15-23-17(26-24-15)9-3-5-10(6-4-9)22-16(25)14(19)20/h2-7,14H,1H3,(H,22,25). The molecule has 0 saturated heterocycles. The minimum atomic E-state index is -1.16. The molecular formula is C17H11Cl3FN3O2. The summed E-state index contributed by atoms with van der Waals surface area (Å²) in [6.07, 6.45) is 0. The molecule has 1 aromatic heterocycles. The summed E-state index contributed by atoms with van der Waals surface area (Å²) < 4.78 is 19.5. The van der Waals surface area contributed by atoms with Gasteiger partial charge in [0.25, 0.3) is 11.8 Å². The van der Waals surface area contributed by atoms with Crippen LogP contribution in [0.25, 0.3) is 22.8 Å². The summed E-state index contributed by atoms with van der Waals surface area (Å²) in [5.41, 5.74) is 1.59. The molecule has 5 nitrogen and oxygen atoms in total. The third-order valence-electron chi connectivity index (χ3n) is 3.53. The van der Waals surface area contributed by atoms with Crippen molar-refractivity contribution in [3.63, 3.8) is 0 Å². The van der Waals surface area contributed by atoms with E-state index in [2.05, 4.69) is 15.5 Å². The van der Waals surface area contributed by atoms with Crippen molar-refractivity contribution >= 4 is 46.4 Å². The quantitative estimate of drug-likeness (QED) is 0.592. The zero-order chi connectivity index (χ0) is 18.8. The van der Waals surface area contributed by atoms with Crippen molar-refractivity contribution in [3.05, 3.63) is 52.8 Å². The molecule has 0 aliphatic carbocycles. The first-order valence-corrected chi connectivity index (χ1v) is 8.60. The fourth-order valence-electron chi connectivity index (χ4n) is 2.20. The molecule has 0 aliphatic rings. The molecule has 0 radical (unpaired) electrons. The Morgan fingerprint density at radius 2 is 1.88 bits per heavy atom. The Morgan fingerprint density at radius 3 is 2.54 bits per heavy atom. The van der Waals surface area contributed by atoms with Crippen molar-refractivity contribution in [3.8, 4) is 22.8 Å². The first kappa shape index (κ1) is 18.6. The van der Waals surface area contributed by atoms with E-state index in [1.807, 2.05) is 0 Å². The zero-order valence-corrected chi connectivity index (χ0v) is 15.5. The summed E-state index contributed by atoms with van der Waals surface area (Å²) in [7, 11) is 0. The zero-order valence-electron chi connectivity index (χ0n) is 13.3. The molecule has 3 aromatic rings. The van der Waals surface area contributed by atoms with Gasteiger partial charge in [-0.1, -0.05) is 46.0 Å². The smallest absolute Gasteiger partial charge is 0.258 e. The van der Waals surface area contributed by atoms with Crippen LogP contribution in [0, 0.1) is 12.7 Å². The van der Waals surface area contributed by atoms with Gasteiger partial charge in [-0.15, -0.1) is 0 Å². The minimum absolute atomic E-state index is 0.0516. The lowest BCUT2D eigenvalue weighted by atomic mass is 10.1. The van der Waals surface area contributed by atoms with Crippen LogP contribution in [-0.2, 0) is 4.79 Å². The monoisotopic (exact) mass is 413 g/mol. The highest BCUT2D eigenvalue weighted by Gasteiger charge is 2.19. The van der Waals surface area contributed by atoms with Gasteiger partial charge in [0.2, 0.25) is 5.82 Å². The Morgan fingerprint density at radius 1 is 1.19 bits per heavy atom. The van der Waals surface area contributed by atoms with E-state index >= 15 is 0 Å². The van der Waals surface area contributed by atoms with Crippen molar-refractivity contribution < 1.29 is 13.7 Å². The van der Waals surface area contributed by atoms with E-state index in [4.69, 9.17) is 39.3 Å². The van der Waals surface area contributed by atoms with E-state index in [9.17, 15) is 9.18 Å². The number of nitrogens with one attached hydrogen (secondary N) is 1. The number of hydrogen-bond acceptors (Lipinski definition) is 4. The summed E-state index contributed by atoms with van der Waals surface area (Å²) in [6.45, 7) is 1.62. The molecule has 1 amide bonds. The highest BCUT2D eigenvalue weighted by molar-refractivity contribution is 6.54. The number of aromatic nitrogens is 2. The molecule has 0 spiro atoms. The number of hydrogen-bond donors (Lipinski definition) is 1. The van der Waals surface area contributed by atoms with E-state index < -0.39 is 16.6 Å². The third-order valence-corrected chi connectivity index (χ3v) is 4.24. The number of rotatable bonds is 4. The molecule has 0 aliphatic heterocycles. The molecule has 0 unspecified atom stereocenters. The number of alkyl halides is 2. The minimum Gasteiger partial charge on any atom is -0.334 e. The molecule has 2 aromatic carbocycles. The van der Waals surface area contributed by atoms with E-state index in [1.54, 1.807) is 43.3 Å². The predicted molar refractivity (Wildman–Crippen MR) is 99.0 cm³/mol. The number of benzene rings is 2. The third kappa shape index (κ3) is 3.82. The van der Waals surface area contributed by atoms with Crippen LogP contribution in [0.3, 0.4) is 0 Å². The highest BCUT2D eigenvalue weighted by atomic mass is 35.5. The van der Waals surface area contributed by atoms with E-state index in [1.165, 1.54) is 0 Å². The number of halogens is 4. The van der Waals surface area contributed by atoms with Crippen LogP contribution in [-0.4, -0.2) is 20.9 Å². The molecule has 0 saturated carbocycles. The number of carbonyl (C=O) groups is 1. The summed E-state index contributed by atoms with van der Waals surface area (Å²) in [5, 5.41) is 6.53. The van der Waals surface area contributed by atoms with Crippen molar-refractivity contribution in [1.29, 1.82) is 0 Å². The van der Waals surface area contributed by atoms with E-state index in [0.29, 0.717) is 16.8 Å². The average molecular weight is 415 g/mol. The molecule has 1 N–H and O–H groups in total. The number of aryl methyl sites for hydroxylation is 1. The fourth-order valence-corrected chi connectivity index (χ4v) is 2.54. The Hall–Kier alpha value is -2.15. The fraction of sp³-hybridized carbons (Fsp3) is 0.118. The molecular weight excluding hydrogens is 404 g/mol. The van der Waals surface area contributed by atoms with Crippen LogP contribution in [0.15, 0.2) is 40.9 Å². The van der Waals surface area contributed by atoms with Gasteiger partial charge in [-0.3, -0.25) is 4.79 Å². The molecule has 3 rings (SSSR count).